The summed E-state index contributed by atoms with van der Waals surface area (Å²) in [6, 6.07) is 12.4. The summed E-state index contributed by atoms with van der Waals surface area (Å²) >= 11 is 0. The minimum absolute atomic E-state index is 0.162. The molecule has 0 spiro atoms. The van der Waals surface area contributed by atoms with Crippen molar-refractivity contribution in [2.45, 2.75) is 13.3 Å². The van der Waals surface area contributed by atoms with Crippen LogP contribution in [0.15, 0.2) is 47.3 Å². The number of ether oxygens (including phenoxy) is 1. The molecule has 0 bridgehead atoms. The molecule has 0 fully saturated rings. The Hall–Kier alpha value is -3.08. The number of aromatic amines is 1. The predicted molar refractivity (Wildman–Crippen MR) is 86.0 cm³/mol. The second-order valence-electron chi connectivity index (χ2n) is 5.59. The Labute approximate surface area is 132 Å². The first-order valence-corrected chi connectivity index (χ1v) is 7.31. The van der Waals surface area contributed by atoms with Gasteiger partial charge in [0.05, 0.1) is 5.56 Å². The van der Waals surface area contributed by atoms with E-state index in [0.717, 1.165) is 16.9 Å². The van der Waals surface area contributed by atoms with Crippen LogP contribution in [0.4, 0.5) is 0 Å². The number of phenolic OH excluding ortho intramolecular Hbond substituents is 1. The third-order valence-corrected chi connectivity index (χ3v) is 3.98. The molecule has 1 aliphatic heterocycles. The molecule has 3 aromatic rings. The van der Waals surface area contributed by atoms with E-state index in [1.807, 2.05) is 25.1 Å². The summed E-state index contributed by atoms with van der Waals surface area (Å²) in [4.78, 5) is 19.6. The van der Waals surface area contributed by atoms with Crippen LogP contribution in [0.1, 0.15) is 16.7 Å². The summed E-state index contributed by atoms with van der Waals surface area (Å²) in [5.74, 6) is 1.70. The molecule has 23 heavy (non-hydrogen) atoms. The van der Waals surface area contributed by atoms with Gasteiger partial charge in [0, 0.05) is 12.0 Å². The average Bonchev–Trinajstić information content (AvgIpc) is 2.55. The number of nitrogens with one attached hydrogen (secondary N) is 1. The van der Waals surface area contributed by atoms with Crippen LogP contribution in [0, 0.1) is 6.92 Å². The van der Waals surface area contributed by atoms with Gasteiger partial charge in [-0.05, 0) is 42.3 Å². The summed E-state index contributed by atoms with van der Waals surface area (Å²) in [6.45, 7) is 1.97. The number of aryl methyl sites for hydroxylation is 1. The van der Waals surface area contributed by atoms with Crippen LogP contribution < -0.4 is 10.3 Å². The normalized spacial score (nSPS) is 12.2. The molecule has 0 saturated carbocycles. The first kappa shape index (κ1) is 13.6. The SMILES string of the molecule is Cc1cccc2c1Oc1nc(-c3ccc(O)cc3)[nH]c(=O)c1C2. The number of hydrogen-bond donors (Lipinski definition) is 2. The highest BCUT2D eigenvalue weighted by Gasteiger charge is 2.23. The van der Waals surface area contributed by atoms with E-state index in [0.29, 0.717) is 29.3 Å². The molecule has 0 atom stereocenters. The van der Waals surface area contributed by atoms with Gasteiger partial charge in [-0.3, -0.25) is 4.79 Å². The van der Waals surface area contributed by atoms with E-state index in [-0.39, 0.29) is 11.3 Å². The van der Waals surface area contributed by atoms with Crippen molar-refractivity contribution in [3.05, 3.63) is 69.5 Å². The minimum Gasteiger partial charge on any atom is -0.508 e. The van der Waals surface area contributed by atoms with Crippen molar-refractivity contribution in [3.63, 3.8) is 0 Å². The maximum Gasteiger partial charge on any atom is 0.258 e. The van der Waals surface area contributed by atoms with Crippen molar-refractivity contribution in [1.29, 1.82) is 0 Å². The highest BCUT2D eigenvalue weighted by atomic mass is 16.5. The van der Waals surface area contributed by atoms with Gasteiger partial charge in [-0.1, -0.05) is 18.2 Å². The molecule has 1 aromatic heterocycles. The number of nitrogens with zero attached hydrogens (tertiary/aromatic N) is 1. The lowest BCUT2D eigenvalue weighted by molar-refractivity contribution is 0.435. The zero-order chi connectivity index (χ0) is 16.0. The fourth-order valence-electron chi connectivity index (χ4n) is 2.76. The Morgan fingerprint density at radius 3 is 2.74 bits per heavy atom. The Kier molecular flexibility index (Phi) is 2.94. The highest BCUT2D eigenvalue weighted by molar-refractivity contribution is 5.58. The quantitative estimate of drug-likeness (QED) is 0.566. The molecule has 0 saturated heterocycles. The van der Waals surface area contributed by atoms with Gasteiger partial charge in [0.15, 0.2) is 0 Å². The monoisotopic (exact) mass is 306 g/mol. The van der Waals surface area contributed by atoms with Crippen molar-refractivity contribution in [2.24, 2.45) is 0 Å². The molecule has 2 aromatic carbocycles. The topological polar surface area (TPSA) is 75.2 Å². The Morgan fingerprint density at radius 1 is 1.17 bits per heavy atom. The second-order valence-corrected chi connectivity index (χ2v) is 5.59. The van der Waals surface area contributed by atoms with E-state index in [4.69, 9.17) is 4.74 Å². The van der Waals surface area contributed by atoms with E-state index in [9.17, 15) is 9.90 Å². The van der Waals surface area contributed by atoms with Gasteiger partial charge >= 0.3 is 0 Å². The van der Waals surface area contributed by atoms with Gasteiger partial charge in [0.25, 0.3) is 5.56 Å². The lowest BCUT2D eigenvalue weighted by atomic mass is 10.0. The molecule has 0 amide bonds. The smallest absolute Gasteiger partial charge is 0.258 e. The Bertz CT molecular complexity index is 959. The lowest BCUT2D eigenvalue weighted by Crippen LogP contribution is -2.20. The van der Waals surface area contributed by atoms with E-state index >= 15 is 0 Å². The first-order chi connectivity index (χ1) is 11.1. The van der Waals surface area contributed by atoms with Gasteiger partial charge in [-0.25, -0.2) is 0 Å². The van der Waals surface area contributed by atoms with Crippen LogP contribution in [0.2, 0.25) is 0 Å². The molecular formula is C18H14N2O3. The zero-order valence-corrected chi connectivity index (χ0v) is 12.5. The maximum absolute atomic E-state index is 12.4. The molecule has 114 valence electrons. The van der Waals surface area contributed by atoms with Crippen molar-refractivity contribution in [3.8, 4) is 28.8 Å². The third-order valence-electron chi connectivity index (χ3n) is 3.98. The van der Waals surface area contributed by atoms with E-state index < -0.39 is 0 Å². The van der Waals surface area contributed by atoms with Crippen LogP contribution in [-0.4, -0.2) is 15.1 Å². The van der Waals surface area contributed by atoms with Crippen LogP contribution >= 0.6 is 0 Å². The molecular weight excluding hydrogens is 292 g/mol. The van der Waals surface area contributed by atoms with Gasteiger partial charge in [0.2, 0.25) is 5.88 Å². The average molecular weight is 306 g/mol. The lowest BCUT2D eigenvalue weighted by Gasteiger charge is -2.20. The zero-order valence-electron chi connectivity index (χ0n) is 12.5. The first-order valence-electron chi connectivity index (χ1n) is 7.31. The maximum atomic E-state index is 12.4. The highest BCUT2D eigenvalue weighted by Crippen LogP contribution is 2.36. The number of benzene rings is 2. The number of fused-ring (bicyclic) bond motifs is 2. The number of para-hydroxylation sites is 1. The van der Waals surface area contributed by atoms with Crippen molar-refractivity contribution in [1.82, 2.24) is 9.97 Å². The van der Waals surface area contributed by atoms with Gasteiger partial charge in [-0.2, -0.15) is 4.98 Å². The number of H-pyrrole nitrogens is 1. The van der Waals surface area contributed by atoms with Gasteiger partial charge in [0.1, 0.15) is 17.3 Å². The van der Waals surface area contributed by atoms with Gasteiger partial charge in [-0.15, -0.1) is 0 Å². The molecule has 0 aliphatic carbocycles. The predicted octanol–water partition coefficient (Wildman–Crippen LogP) is 3.15. The standard InChI is InChI=1S/C18H14N2O3/c1-10-3-2-4-12-9-14-17(22)19-16(20-18(14)23-15(10)12)11-5-7-13(21)8-6-11/h2-8,21H,9H2,1H3,(H,19,20,22). The van der Waals surface area contributed by atoms with Crippen molar-refractivity contribution < 1.29 is 9.84 Å². The molecule has 0 unspecified atom stereocenters. The summed E-state index contributed by atoms with van der Waals surface area (Å²) < 4.78 is 5.89. The van der Waals surface area contributed by atoms with E-state index in [2.05, 4.69) is 9.97 Å². The minimum atomic E-state index is -0.203. The van der Waals surface area contributed by atoms with Crippen molar-refractivity contribution in [2.75, 3.05) is 0 Å². The number of rotatable bonds is 1. The molecule has 5 nitrogen and oxygen atoms in total. The molecule has 2 N–H and O–H groups in total. The molecule has 4 rings (SSSR count). The molecule has 1 aliphatic rings. The summed E-state index contributed by atoms with van der Waals surface area (Å²) in [6.07, 6.45) is 0.505. The number of hydrogen-bond acceptors (Lipinski definition) is 4. The second kappa shape index (κ2) is 4.98. The third kappa shape index (κ3) is 2.26. The largest absolute Gasteiger partial charge is 0.508 e. The summed E-state index contributed by atoms with van der Waals surface area (Å²) in [5.41, 5.74) is 3.04. The summed E-state index contributed by atoms with van der Waals surface area (Å²) in [7, 11) is 0. The van der Waals surface area contributed by atoms with Crippen LogP contribution in [-0.2, 0) is 6.42 Å². The van der Waals surface area contributed by atoms with E-state index in [1.54, 1.807) is 24.3 Å². The Balaban J connectivity index is 1.83. The van der Waals surface area contributed by atoms with Gasteiger partial charge < -0.3 is 14.8 Å². The number of aromatic hydroxyl groups is 1. The molecule has 5 heteroatoms. The van der Waals surface area contributed by atoms with Crippen LogP contribution in [0.3, 0.4) is 0 Å². The fraction of sp³-hybridized carbons (Fsp3) is 0.111. The summed E-state index contributed by atoms with van der Waals surface area (Å²) in [5, 5.41) is 9.37. The Morgan fingerprint density at radius 2 is 1.96 bits per heavy atom. The van der Waals surface area contributed by atoms with Crippen LogP contribution in [0.5, 0.6) is 17.4 Å². The van der Waals surface area contributed by atoms with E-state index in [1.165, 1.54) is 0 Å². The van der Waals surface area contributed by atoms with Crippen molar-refractivity contribution >= 4 is 0 Å². The number of phenols is 1. The molecule has 0 radical (unpaired) electrons. The van der Waals surface area contributed by atoms with Crippen LogP contribution in [0.25, 0.3) is 11.4 Å². The molecule has 2 heterocycles. The number of aromatic nitrogens is 2. The fourth-order valence-corrected chi connectivity index (χ4v) is 2.76.